The van der Waals surface area contributed by atoms with Crippen molar-refractivity contribution < 1.29 is 14.7 Å². The highest BCUT2D eigenvalue weighted by Gasteiger charge is 2.23. The van der Waals surface area contributed by atoms with Crippen LogP contribution in [0.3, 0.4) is 0 Å². The molecule has 5 nitrogen and oxygen atoms in total. The average Bonchev–Trinajstić information content (AvgIpc) is 2.48. The zero-order chi connectivity index (χ0) is 14.5. The Bertz CT molecular complexity index is 493. The summed E-state index contributed by atoms with van der Waals surface area (Å²) in [6.07, 6.45) is 4.60. The Balaban J connectivity index is 2.06. The van der Waals surface area contributed by atoms with Crippen molar-refractivity contribution in [2.75, 3.05) is 7.11 Å². The second-order valence-corrected chi connectivity index (χ2v) is 5.75. The van der Waals surface area contributed by atoms with Crippen LogP contribution in [-0.2, 0) is 4.74 Å². The smallest absolute Gasteiger partial charge is 0.170 e. The van der Waals surface area contributed by atoms with E-state index in [9.17, 15) is 0 Å². The molecular weight excluding hydrogens is 324 g/mol. The van der Waals surface area contributed by atoms with Gasteiger partial charge < -0.3 is 20.4 Å². The van der Waals surface area contributed by atoms with Crippen molar-refractivity contribution in [1.29, 1.82) is 0 Å². The first kappa shape index (κ1) is 15.1. The molecular formula is C14H19BrN2O3. The standard InChI is InChI=1S/C14H19BrN2O3/c1-19-10-3-2-4-11(8-10)20-13-6-5-9(7-12(13)15)14(16)17-18/h5-7,10-11,18H,2-4,8H2,1H3,(H2,16,17). The van der Waals surface area contributed by atoms with Gasteiger partial charge in [-0.1, -0.05) is 5.16 Å². The molecule has 3 N–H and O–H groups in total. The molecule has 1 aromatic rings. The van der Waals surface area contributed by atoms with E-state index in [1.54, 1.807) is 19.2 Å². The highest BCUT2D eigenvalue weighted by molar-refractivity contribution is 9.10. The lowest BCUT2D eigenvalue weighted by Gasteiger charge is -2.29. The molecule has 0 radical (unpaired) electrons. The Hall–Kier alpha value is -1.27. The molecule has 0 aromatic heterocycles. The van der Waals surface area contributed by atoms with Crippen LogP contribution in [0.15, 0.2) is 27.8 Å². The molecule has 1 fully saturated rings. The van der Waals surface area contributed by atoms with Gasteiger partial charge in [-0.15, -0.1) is 0 Å². The van der Waals surface area contributed by atoms with Crippen LogP contribution in [0.5, 0.6) is 5.75 Å². The van der Waals surface area contributed by atoms with Crippen molar-refractivity contribution in [2.24, 2.45) is 10.9 Å². The number of nitrogens with zero attached hydrogens (tertiary/aromatic N) is 1. The predicted molar refractivity (Wildman–Crippen MR) is 80.3 cm³/mol. The first-order valence-electron chi connectivity index (χ1n) is 6.61. The third-order valence-corrected chi connectivity index (χ3v) is 4.16. The van der Waals surface area contributed by atoms with E-state index in [1.165, 1.54) is 0 Å². The Morgan fingerprint density at radius 1 is 1.40 bits per heavy atom. The summed E-state index contributed by atoms with van der Waals surface area (Å²) in [7, 11) is 1.74. The Kier molecular flexibility index (Phi) is 5.25. The Morgan fingerprint density at radius 3 is 2.80 bits per heavy atom. The number of methoxy groups -OCH3 is 1. The SMILES string of the molecule is COC1CCCC(Oc2ccc(/C(N)=N/O)cc2Br)C1. The van der Waals surface area contributed by atoms with Crippen LogP contribution in [0.2, 0.25) is 0 Å². The fourth-order valence-corrected chi connectivity index (χ4v) is 2.89. The molecule has 0 bridgehead atoms. The molecule has 6 heteroatoms. The molecule has 110 valence electrons. The number of ether oxygens (including phenoxy) is 2. The van der Waals surface area contributed by atoms with Gasteiger partial charge in [0.15, 0.2) is 5.84 Å². The summed E-state index contributed by atoms with van der Waals surface area (Å²) in [6.45, 7) is 0. The van der Waals surface area contributed by atoms with E-state index in [-0.39, 0.29) is 18.0 Å². The highest BCUT2D eigenvalue weighted by atomic mass is 79.9. The van der Waals surface area contributed by atoms with Gasteiger partial charge in [-0.3, -0.25) is 0 Å². The minimum Gasteiger partial charge on any atom is -0.489 e. The Morgan fingerprint density at radius 2 is 2.15 bits per heavy atom. The minimum atomic E-state index is 0.0781. The molecule has 0 aliphatic heterocycles. The van der Waals surface area contributed by atoms with Crippen LogP contribution < -0.4 is 10.5 Å². The van der Waals surface area contributed by atoms with Gasteiger partial charge >= 0.3 is 0 Å². The van der Waals surface area contributed by atoms with Gasteiger partial charge in [-0.2, -0.15) is 0 Å². The maximum atomic E-state index is 8.67. The van der Waals surface area contributed by atoms with Gasteiger partial charge in [-0.25, -0.2) is 0 Å². The summed E-state index contributed by atoms with van der Waals surface area (Å²) in [5.41, 5.74) is 6.20. The quantitative estimate of drug-likeness (QED) is 0.381. The second-order valence-electron chi connectivity index (χ2n) is 4.89. The van der Waals surface area contributed by atoms with Gasteiger partial charge in [0.2, 0.25) is 0 Å². The van der Waals surface area contributed by atoms with Crippen LogP contribution in [0.4, 0.5) is 0 Å². The monoisotopic (exact) mass is 342 g/mol. The summed E-state index contributed by atoms with van der Waals surface area (Å²) in [4.78, 5) is 0. The van der Waals surface area contributed by atoms with E-state index < -0.39 is 0 Å². The third kappa shape index (κ3) is 3.64. The number of hydrogen-bond donors (Lipinski definition) is 2. The maximum absolute atomic E-state index is 8.67. The van der Waals surface area contributed by atoms with Crippen molar-refractivity contribution in [1.82, 2.24) is 0 Å². The molecule has 2 unspecified atom stereocenters. The molecule has 1 saturated carbocycles. The van der Waals surface area contributed by atoms with Gasteiger partial charge in [-0.05, 0) is 53.4 Å². The van der Waals surface area contributed by atoms with E-state index in [0.29, 0.717) is 5.56 Å². The number of oxime groups is 1. The first-order chi connectivity index (χ1) is 9.63. The second kappa shape index (κ2) is 6.95. The van der Waals surface area contributed by atoms with Crippen molar-refractivity contribution in [2.45, 2.75) is 37.9 Å². The number of benzene rings is 1. The summed E-state index contributed by atoms with van der Waals surface area (Å²) < 4.78 is 12.2. The van der Waals surface area contributed by atoms with Crippen molar-refractivity contribution >= 4 is 21.8 Å². The van der Waals surface area contributed by atoms with Gasteiger partial charge in [0.05, 0.1) is 10.6 Å². The summed E-state index contributed by atoms with van der Waals surface area (Å²) in [5.74, 6) is 0.843. The zero-order valence-electron chi connectivity index (χ0n) is 11.4. The van der Waals surface area contributed by atoms with Crippen LogP contribution in [-0.4, -0.2) is 30.4 Å². The number of amidine groups is 1. The van der Waals surface area contributed by atoms with Crippen molar-refractivity contribution in [3.05, 3.63) is 28.2 Å². The summed E-state index contributed by atoms with van der Waals surface area (Å²) in [6, 6.07) is 5.38. The number of halogens is 1. The molecule has 0 saturated heterocycles. The van der Waals surface area contributed by atoms with Crippen LogP contribution in [0, 0.1) is 0 Å². The van der Waals surface area contributed by atoms with E-state index >= 15 is 0 Å². The maximum Gasteiger partial charge on any atom is 0.170 e. The third-order valence-electron chi connectivity index (χ3n) is 3.54. The Labute approximate surface area is 126 Å². The summed E-state index contributed by atoms with van der Waals surface area (Å²) >= 11 is 3.46. The largest absolute Gasteiger partial charge is 0.489 e. The molecule has 1 aliphatic carbocycles. The highest BCUT2D eigenvalue weighted by Crippen LogP contribution is 2.30. The number of rotatable bonds is 4. The molecule has 0 heterocycles. The van der Waals surface area contributed by atoms with Crippen molar-refractivity contribution in [3.8, 4) is 5.75 Å². The molecule has 2 rings (SSSR count). The van der Waals surface area contributed by atoms with Crippen LogP contribution >= 0.6 is 15.9 Å². The van der Waals surface area contributed by atoms with E-state index in [4.69, 9.17) is 20.4 Å². The van der Waals surface area contributed by atoms with Crippen LogP contribution in [0.25, 0.3) is 0 Å². The zero-order valence-corrected chi connectivity index (χ0v) is 13.0. The van der Waals surface area contributed by atoms with E-state index in [2.05, 4.69) is 21.1 Å². The lowest BCUT2D eigenvalue weighted by atomic mass is 9.95. The van der Waals surface area contributed by atoms with Gasteiger partial charge in [0, 0.05) is 19.1 Å². The van der Waals surface area contributed by atoms with Crippen molar-refractivity contribution in [3.63, 3.8) is 0 Å². The van der Waals surface area contributed by atoms with Gasteiger partial charge in [0.25, 0.3) is 0 Å². The molecule has 0 amide bonds. The minimum absolute atomic E-state index is 0.0781. The first-order valence-corrected chi connectivity index (χ1v) is 7.40. The average molecular weight is 343 g/mol. The lowest BCUT2D eigenvalue weighted by molar-refractivity contribution is 0.0207. The fourth-order valence-electron chi connectivity index (χ4n) is 2.42. The summed E-state index contributed by atoms with van der Waals surface area (Å²) in [5, 5.41) is 11.7. The van der Waals surface area contributed by atoms with Crippen LogP contribution in [0.1, 0.15) is 31.2 Å². The number of nitrogens with two attached hydrogens (primary N) is 1. The van der Waals surface area contributed by atoms with E-state index in [1.807, 2.05) is 6.07 Å². The molecule has 2 atom stereocenters. The fraction of sp³-hybridized carbons (Fsp3) is 0.500. The predicted octanol–water partition coefficient (Wildman–Crippen LogP) is 2.88. The van der Waals surface area contributed by atoms with E-state index in [0.717, 1.165) is 35.9 Å². The molecule has 0 spiro atoms. The lowest BCUT2D eigenvalue weighted by Crippen LogP contribution is -2.29. The number of hydrogen-bond acceptors (Lipinski definition) is 4. The normalized spacial score (nSPS) is 23.6. The molecule has 1 aromatic carbocycles. The molecule has 1 aliphatic rings. The molecule has 20 heavy (non-hydrogen) atoms. The topological polar surface area (TPSA) is 77.1 Å². The van der Waals surface area contributed by atoms with Gasteiger partial charge in [0.1, 0.15) is 11.9 Å².